The third-order valence-electron chi connectivity index (χ3n) is 2.78. The van der Waals surface area contributed by atoms with Crippen molar-refractivity contribution in [3.8, 4) is 0 Å². The predicted molar refractivity (Wildman–Crippen MR) is 73.1 cm³/mol. The lowest BCUT2D eigenvalue weighted by Gasteiger charge is -2.27. The molecule has 0 aromatic heterocycles. The van der Waals surface area contributed by atoms with Crippen LogP contribution in [0.2, 0.25) is 0 Å². The lowest BCUT2D eigenvalue weighted by atomic mass is 9.87. The molecule has 3 atom stereocenters. The van der Waals surface area contributed by atoms with Crippen LogP contribution in [-0.4, -0.2) is 16.9 Å². The Balaban J connectivity index is 4.30. The van der Waals surface area contributed by atoms with Gasteiger partial charge in [-0.25, -0.2) is 0 Å². The Hall–Kier alpha value is -0.440. The van der Waals surface area contributed by atoms with E-state index >= 15 is 0 Å². The van der Waals surface area contributed by atoms with Gasteiger partial charge in [-0.05, 0) is 31.6 Å². The Kier molecular flexibility index (Phi) is 6.31. The van der Waals surface area contributed by atoms with Crippen molar-refractivity contribution in [2.24, 2.45) is 21.6 Å². The highest BCUT2D eigenvalue weighted by Crippen LogP contribution is 2.28. The lowest BCUT2D eigenvalue weighted by Crippen LogP contribution is -2.28. The van der Waals surface area contributed by atoms with Crippen LogP contribution in [0.3, 0.4) is 0 Å². The minimum absolute atomic E-state index is 0.0580. The Morgan fingerprint density at radius 1 is 1.12 bits per heavy atom. The minimum atomic E-state index is -1.04. The normalized spacial score (nSPS) is 20.2. The van der Waals surface area contributed by atoms with Gasteiger partial charge in [0.2, 0.25) is 0 Å². The molecule has 0 saturated heterocycles. The molecule has 0 bridgehead atoms. The molecule has 0 aromatic rings. The highest BCUT2D eigenvalue weighted by atomic mass is 16.3. The molecule has 0 aliphatic carbocycles. The zero-order chi connectivity index (χ0) is 13.7. The van der Waals surface area contributed by atoms with Crippen LogP contribution in [0, 0.1) is 11.3 Å². The molecule has 102 valence electrons. The third-order valence-corrected chi connectivity index (χ3v) is 2.78. The topological polar surface area (TPSA) is 45.0 Å². The summed E-state index contributed by atoms with van der Waals surface area (Å²) in [5.74, 6) is 0.663. The van der Waals surface area contributed by atoms with Crippen molar-refractivity contribution < 1.29 is 5.11 Å². The quantitative estimate of drug-likeness (QED) is 0.689. The van der Waals surface area contributed by atoms with E-state index in [4.69, 9.17) is 0 Å². The van der Waals surface area contributed by atoms with Gasteiger partial charge in [-0.3, -0.25) is 0 Å². The van der Waals surface area contributed by atoms with E-state index in [1.807, 2.05) is 0 Å². The monoisotopic (exact) mass is 242 g/mol. The van der Waals surface area contributed by atoms with Crippen LogP contribution in [0.15, 0.2) is 10.2 Å². The fourth-order valence-electron chi connectivity index (χ4n) is 2.06. The maximum atomic E-state index is 10.1. The summed E-state index contributed by atoms with van der Waals surface area (Å²) in [5, 5.41) is 18.5. The van der Waals surface area contributed by atoms with Crippen molar-refractivity contribution in [2.75, 3.05) is 0 Å². The second-order valence-corrected chi connectivity index (χ2v) is 6.77. The Morgan fingerprint density at radius 2 is 1.65 bits per heavy atom. The summed E-state index contributed by atoms with van der Waals surface area (Å²) in [6.07, 6.45) is 2.82. The molecule has 0 aromatic carbocycles. The van der Waals surface area contributed by atoms with E-state index in [1.165, 1.54) is 0 Å². The molecule has 3 heteroatoms. The van der Waals surface area contributed by atoms with Gasteiger partial charge in [-0.2, -0.15) is 10.2 Å². The molecule has 0 fully saturated rings. The zero-order valence-corrected chi connectivity index (χ0v) is 12.6. The summed E-state index contributed by atoms with van der Waals surface area (Å²) in [6.45, 7) is 14.5. The van der Waals surface area contributed by atoms with E-state index in [0.29, 0.717) is 12.3 Å². The summed E-state index contributed by atoms with van der Waals surface area (Å²) in [7, 11) is 0. The fraction of sp³-hybridized carbons (Fsp3) is 1.00. The Morgan fingerprint density at radius 3 is 2.06 bits per heavy atom. The second-order valence-electron chi connectivity index (χ2n) is 6.77. The predicted octanol–water partition coefficient (Wildman–Crippen LogP) is 4.41. The molecule has 17 heavy (non-hydrogen) atoms. The first-order chi connectivity index (χ1) is 7.56. The summed E-state index contributed by atoms with van der Waals surface area (Å²) in [4.78, 5) is 0. The number of hydrogen-bond acceptors (Lipinski definition) is 3. The first kappa shape index (κ1) is 16.6. The first-order valence-corrected chi connectivity index (χ1v) is 6.70. The summed E-state index contributed by atoms with van der Waals surface area (Å²) < 4.78 is 0. The van der Waals surface area contributed by atoms with E-state index in [9.17, 15) is 5.11 Å². The van der Waals surface area contributed by atoms with Gasteiger partial charge in [0.15, 0.2) is 5.72 Å². The van der Waals surface area contributed by atoms with Crippen molar-refractivity contribution in [3.05, 3.63) is 0 Å². The second kappa shape index (κ2) is 6.48. The van der Waals surface area contributed by atoms with E-state index in [1.54, 1.807) is 6.92 Å². The molecular weight excluding hydrogens is 212 g/mol. The molecule has 0 radical (unpaired) electrons. The first-order valence-electron chi connectivity index (χ1n) is 6.70. The summed E-state index contributed by atoms with van der Waals surface area (Å²) >= 11 is 0. The standard InChI is InChI=1S/C14H30N2O/c1-8-11(2)9-12(3)15-16-14(7,17)10-13(4,5)6/h11-12,17H,8-10H2,1-7H3. The van der Waals surface area contributed by atoms with Crippen LogP contribution in [0.1, 0.15) is 67.7 Å². The van der Waals surface area contributed by atoms with Crippen molar-refractivity contribution in [1.29, 1.82) is 0 Å². The van der Waals surface area contributed by atoms with Gasteiger partial charge < -0.3 is 5.11 Å². The van der Waals surface area contributed by atoms with E-state index in [2.05, 4.69) is 51.8 Å². The highest BCUT2D eigenvalue weighted by Gasteiger charge is 2.27. The SMILES string of the molecule is CCC(C)CC(C)N=NC(C)(O)CC(C)(C)C. The zero-order valence-electron chi connectivity index (χ0n) is 12.6. The molecular formula is C14H30N2O. The molecule has 1 N–H and O–H groups in total. The molecule has 0 amide bonds. The van der Waals surface area contributed by atoms with Gasteiger partial charge in [0.05, 0.1) is 6.04 Å². The Labute approximate surface area is 107 Å². The third kappa shape index (κ3) is 9.28. The largest absolute Gasteiger partial charge is 0.368 e. The van der Waals surface area contributed by atoms with Crippen LogP contribution in [0.25, 0.3) is 0 Å². The molecule has 0 heterocycles. The molecule has 0 rings (SSSR count). The van der Waals surface area contributed by atoms with Gasteiger partial charge in [0.1, 0.15) is 0 Å². The van der Waals surface area contributed by atoms with Crippen LogP contribution in [0.5, 0.6) is 0 Å². The fourth-order valence-corrected chi connectivity index (χ4v) is 2.06. The van der Waals surface area contributed by atoms with Crippen molar-refractivity contribution >= 4 is 0 Å². The average Bonchev–Trinajstić information content (AvgIpc) is 2.11. The van der Waals surface area contributed by atoms with E-state index in [0.717, 1.165) is 12.8 Å². The molecule has 0 aliphatic heterocycles. The summed E-state index contributed by atoms with van der Waals surface area (Å²) in [6, 6.07) is 0.191. The molecule has 0 spiro atoms. The average molecular weight is 242 g/mol. The minimum Gasteiger partial charge on any atom is -0.368 e. The molecule has 0 aliphatic rings. The highest BCUT2D eigenvalue weighted by molar-refractivity contribution is 4.76. The van der Waals surface area contributed by atoms with Crippen LogP contribution in [-0.2, 0) is 0 Å². The molecule has 0 saturated carbocycles. The van der Waals surface area contributed by atoms with Crippen LogP contribution in [0.4, 0.5) is 0 Å². The molecule has 3 unspecified atom stereocenters. The van der Waals surface area contributed by atoms with Gasteiger partial charge in [-0.15, -0.1) is 0 Å². The Bertz CT molecular complexity index is 241. The van der Waals surface area contributed by atoms with Gasteiger partial charge in [0, 0.05) is 6.42 Å². The number of azo groups is 1. The van der Waals surface area contributed by atoms with Crippen molar-refractivity contribution in [2.45, 2.75) is 79.5 Å². The van der Waals surface area contributed by atoms with Gasteiger partial charge in [0.25, 0.3) is 0 Å². The van der Waals surface area contributed by atoms with E-state index < -0.39 is 5.72 Å². The van der Waals surface area contributed by atoms with Crippen molar-refractivity contribution in [1.82, 2.24) is 0 Å². The number of hydrogen-bond donors (Lipinski definition) is 1. The number of rotatable bonds is 6. The maximum absolute atomic E-state index is 10.1. The van der Waals surface area contributed by atoms with Gasteiger partial charge >= 0.3 is 0 Å². The smallest absolute Gasteiger partial charge is 0.173 e. The van der Waals surface area contributed by atoms with Crippen LogP contribution < -0.4 is 0 Å². The maximum Gasteiger partial charge on any atom is 0.173 e. The lowest BCUT2D eigenvalue weighted by molar-refractivity contribution is 0.0192. The molecule has 3 nitrogen and oxygen atoms in total. The number of aliphatic hydroxyl groups is 1. The van der Waals surface area contributed by atoms with Gasteiger partial charge in [-0.1, -0.05) is 41.0 Å². The summed E-state index contributed by atoms with van der Waals surface area (Å²) in [5.41, 5.74) is -0.982. The van der Waals surface area contributed by atoms with E-state index in [-0.39, 0.29) is 11.5 Å². The number of nitrogens with zero attached hydrogens (tertiary/aromatic N) is 2. The van der Waals surface area contributed by atoms with Crippen LogP contribution >= 0.6 is 0 Å². The van der Waals surface area contributed by atoms with Crippen molar-refractivity contribution in [3.63, 3.8) is 0 Å².